The van der Waals surface area contributed by atoms with Gasteiger partial charge in [-0.2, -0.15) is 0 Å². The van der Waals surface area contributed by atoms with E-state index in [4.69, 9.17) is 5.11 Å². The van der Waals surface area contributed by atoms with E-state index in [0.29, 0.717) is 5.56 Å². The molecule has 3 nitrogen and oxygen atoms in total. The predicted molar refractivity (Wildman–Crippen MR) is 75.2 cm³/mol. The van der Waals surface area contributed by atoms with Gasteiger partial charge in [0.25, 0.3) is 5.91 Å². The average Bonchev–Trinajstić information content (AvgIpc) is 2.32. The molecule has 0 aromatic heterocycles. The van der Waals surface area contributed by atoms with Crippen molar-refractivity contribution in [3.8, 4) is 5.75 Å². The maximum Gasteiger partial charge on any atom is 0.255 e. The number of hydrogen-bond donors (Lipinski definition) is 2. The molecule has 1 amide bonds. The van der Waals surface area contributed by atoms with Crippen LogP contribution in [-0.4, -0.2) is 11.0 Å². The minimum Gasteiger partial charge on any atom is -0.508 e. The molecule has 5 heteroatoms. The van der Waals surface area contributed by atoms with Gasteiger partial charge in [0.1, 0.15) is 11.6 Å². The van der Waals surface area contributed by atoms with Crippen LogP contribution in [0.4, 0.5) is 10.1 Å². The van der Waals surface area contributed by atoms with Crippen LogP contribution in [0.2, 0.25) is 0 Å². The molecule has 0 saturated carbocycles. The van der Waals surface area contributed by atoms with Gasteiger partial charge in [-0.15, -0.1) is 0 Å². The van der Waals surface area contributed by atoms with Crippen LogP contribution < -0.4 is 5.32 Å². The number of benzene rings is 2. The molecule has 0 unspecified atom stereocenters. The van der Waals surface area contributed by atoms with Crippen molar-refractivity contribution in [2.75, 3.05) is 5.32 Å². The van der Waals surface area contributed by atoms with Gasteiger partial charge in [-0.1, -0.05) is 6.07 Å². The van der Waals surface area contributed by atoms with Crippen molar-refractivity contribution in [2.45, 2.75) is 0 Å². The van der Waals surface area contributed by atoms with Gasteiger partial charge in [0.15, 0.2) is 0 Å². The first-order valence-electron chi connectivity index (χ1n) is 5.12. The molecular weight excluding hydrogens is 348 g/mol. The summed E-state index contributed by atoms with van der Waals surface area (Å²) in [6, 6.07) is 10.5. The fourth-order valence-corrected chi connectivity index (χ4v) is 1.97. The number of carbonyl (C=O) groups is 1. The molecule has 0 atom stereocenters. The van der Waals surface area contributed by atoms with Crippen molar-refractivity contribution in [3.63, 3.8) is 0 Å². The van der Waals surface area contributed by atoms with Crippen molar-refractivity contribution in [1.82, 2.24) is 0 Å². The van der Waals surface area contributed by atoms with Crippen LogP contribution in [0.3, 0.4) is 0 Å². The largest absolute Gasteiger partial charge is 0.508 e. The van der Waals surface area contributed by atoms with E-state index in [9.17, 15) is 9.18 Å². The molecule has 2 aromatic carbocycles. The SMILES string of the molecule is O=C(Nc1ccc(O)cc1F)c1cccc(I)c1. The van der Waals surface area contributed by atoms with E-state index in [-0.39, 0.29) is 11.4 Å². The summed E-state index contributed by atoms with van der Waals surface area (Å²) >= 11 is 2.09. The van der Waals surface area contributed by atoms with Crippen LogP contribution in [0.5, 0.6) is 5.75 Å². The number of nitrogens with one attached hydrogen (secondary N) is 1. The molecule has 2 rings (SSSR count). The minimum absolute atomic E-state index is 0.0386. The number of amides is 1. The van der Waals surface area contributed by atoms with Crippen molar-refractivity contribution in [2.24, 2.45) is 0 Å². The standard InChI is InChI=1S/C13H9FINO2/c14-11-7-10(17)4-5-12(11)16-13(18)8-2-1-3-9(15)6-8/h1-7,17H,(H,16,18). The predicted octanol–water partition coefficient (Wildman–Crippen LogP) is 3.39. The number of rotatable bonds is 2. The molecule has 0 spiro atoms. The van der Waals surface area contributed by atoms with Gasteiger partial charge in [0, 0.05) is 15.2 Å². The Labute approximate surface area is 117 Å². The van der Waals surface area contributed by atoms with Gasteiger partial charge in [-0.25, -0.2) is 4.39 Å². The Balaban J connectivity index is 2.21. The van der Waals surface area contributed by atoms with E-state index in [1.54, 1.807) is 18.2 Å². The normalized spacial score (nSPS) is 10.1. The summed E-state index contributed by atoms with van der Waals surface area (Å²) in [6.07, 6.45) is 0. The lowest BCUT2D eigenvalue weighted by molar-refractivity contribution is 0.102. The number of phenols is 1. The zero-order valence-electron chi connectivity index (χ0n) is 9.15. The summed E-state index contributed by atoms with van der Waals surface area (Å²) in [7, 11) is 0. The number of carbonyl (C=O) groups excluding carboxylic acids is 1. The summed E-state index contributed by atoms with van der Waals surface area (Å²) in [5.74, 6) is -1.24. The van der Waals surface area contributed by atoms with Crippen LogP contribution in [0.15, 0.2) is 42.5 Å². The van der Waals surface area contributed by atoms with Crippen molar-refractivity contribution in [3.05, 3.63) is 57.4 Å². The van der Waals surface area contributed by atoms with Gasteiger partial charge in [-0.05, 0) is 52.9 Å². The molecule has 0 heterocycles. The third-order valence-corrected chi connectivity index (χ3v) is 2.96. The van der Waals surface area contributed by atoms with Crippen LogP contribution in [0.1, 0.15) is 10.4 Å². The van der Waals surface area contributed by atoms with Gasteiger partial charge in [-0.3, -0.25) is 4.79 Å². The Kier molecular flexibility index (Phi) is 3.81. The van der Waals surface area contributed by atoms with E-state index < -0.39 is 11.7 Å². The third kappa shape index (κ3) is 2.98. The van der Waals surface area contributed by atoms with E-state index >= 15 is 0 Å². The second-order valence-electron chi connectivity index (χ2n) is 3.63. The summed E-state index contributed by atoms with van der Waals surface area (Å²) in [5, 5.41) is 11.5. The van der Waals surface area contributed by atoms with Crippen LogP contribution in [0, 0.1) is 9.39 Å². The molecule has 0 aliphatic rings. The van der Waals surface area contributed by atoms with E-state index in [0.717, 1.165) is 9.64 Å². The van der Waals surface area contributed by atoms with Gasteiger partial charge in [0.2, 0.25) is 0 Å². The minimum atomic E-state index is -0.672. The number of hydrogen-bond acceptors (Lipinski definition) is 2. The van der Waals surface area contributed by atoms with Crippen molar-refractivity contribution in [1.29, 1.82) is 0 Å². The quantitative estimate of drug-likeness (QED) is 0.640. The molecule has 92 valence electrons. The highest BCUT2D eigenvalue weighted by Gasteiger charge is 2.09. The number of phenolic OH excluding ortho intramolecular Hbond substituents is 1. The molecular formula is C13H9FINO2. The average molecular weight is 357 g/mol. The van der Waals surface area contributed by atoms with Crippen molar-refractivity contribution >= 4 is 34.2 Å². The molecule has 18 heavy (non-hydrogen) atoms. The van der Waals surface area contributed by atoms with E-state index in [2.05, 4.69) is 27.9 Å². The smallest absolute Gasteiger partial charge is 0.255 e. The lowest BCUT2D eigenvalue weighted by Crippen LogP contribution is -2.13. The number of aromatic hydroxyl groups is 1. The molecule has 0 aliphatic heterocycles. The molecule has 0 aliphatic carbocycles. The third-order valence-electron chi connectivity index (χ3n) is 2.29. The van der Waals surface area contributed by atoms with Gasteiger partial charge in [0.05, 0.1) is 5.69 Å². The van der Waals surface area contributed by atoms with Crippen LogP contribution in [-0.2, 0) is 0 Å². The molecule has 2 aromatic rings. The maximum atomic E-state index is 13.4. The number of anilines is 1. The van der Waals surface area contributed by atoms with Crippen LogP contribution in [0.25, 0.3) is 0 Å². The highest BCUT2D eigenvalue weighted by Crippen LogP contribution is 2.20. The summed E-state index contributed by atoms with van der Waals surface area (Å²) in [6.45, 7) is 0. The first kappa shape index (κ1) is 12.8. The second-order valence-corrected chi connectivity index (χ2v) is 4.87. The van der Waals surface area contributed by atoms with E-state index in [1.807, 2.05) is 6.07 Å². The first-order chi connectivity index (χ1) is 8.56. The summed E-state index contributed by atoms with van der Waals surface area (Å²) in [4.78, 5) is 11.9. The Morgan fingerprint density at radius 2 is 2.00 bits per heavy atom. The zero-order valence-corrected chi connectivity index (χ0v) is 11.3. The molecule has 0 fully saturated rings. The monoisotopic (exact) mass is 357 g/mol. The Hall–Kier alpha value is -1.63. The molecule has 0 bridgehead atoms. The molecule has 0 saturated heterocycles. The molecule has 0 radical (unpaired) electrons. The number of halogens is 2. The molecule has 2 N–H and O–H groups in total. The Morgan fingerprint density at radius 3 is 2.67 bits per heavy atom. The highest BCUT2D eigenvalue weighted by atomic mass is 127. The summed E-state index contributed by atoms with van der Waals surface area (Å²) in [5.41, 5.74) is 0.492. The topological polar surface area (TPSA) is 49.3 Å². The lowest BCUT2D eigenvalue weighted by atomic mass is 10.2. The fraction of sp³-hybridized carbons (Fsp3) is 0. The van der Waals surface area contributed by atoms with Gasteiger partial charge >= 0.3 is 0 Å². The Morgan fingerprint density at radius 1 is 1.22 bits per heavy atom. The highest BCUT2D eigenvalue weighted by molar-refractivity contribution is 14.1. The fourth-order valence-electron chi connectivity index (χ4n) is 1.43. The zero-order chi connectivity index (χ0) is 13.1. The lowest BCUT2D eigenvalue weighted by Gasteiger charge is -2.07. The Bertz CT molecular complexity index is 601. The van der Waals surface area contributed by atoms with E-state index in [1.165, 1.54) is 12.1 Å². The van der Waals surface area contributed by atoms with Crippen molar-refractivity contribution < 1.29 is 14.3 Å². The van der Waals surface area contributed by atoms with Gasteiger partial charge < -0.3 is 10.4 Å². The first-order valence-corrected chi connectivity index (χ1v) is 6.19. The maximum absolute atomic E-state index is 13.4. The summed E-state index contributed by atoms with van der Waals surface area (Å²) < 4.78 is 14.4. The van der Waals surface area contributed by atoms with Crippen LogP contribution >= 0.6 is 22.6 Å². The second kappa shape index (κ2) is 5.34.